The van der Waals surface area contributed by atoms with Gasteiger partial charge in [-0.25, -0.2) is 9.59 Å². The molecule has 1 N–H and O–H groups in total. The van der Waals surface area contributed by atoms with Crippen LogP contribution >= 0.6 is 23.2 Å². The van der Waals surface area contributed by atoms with E-state index in [0.717, 1.165) is 0 Å². The Morgan fingerprint density at radius 3 is 2.42 bits per heavy atom. The summed E-state index contributed by atoms with van der Waals surface area (Å²) in [7, 11) is 0. The lowest BCUT2D eigenvalue weighted by atomic mass is 10.0. The summed E-state index contributed by atoms with van der Waals surface area (Å²) < 4.78 is 9.77. The van der Waals surface area contributed by atoms with Crippen molar-refractivity contribution >= 4 is 40.9 Å². The van der Waals surface area contributed by atoms with Crippen LogP contribution in [0.15, 0.2) is 24.3 Å². The van der Waals surface area contributed by atoms with Gasteiger partial charge in [-0.2, -0.15) is 0 Å². The maximum Gasteiger partial charge on any atom is 0.345 e. The van der Waals surface area contributed by atoms with Crippen LogP contribution in [-0.4, -0.2) is 35.5 Å². The van der Waals surface area contributed by atoms with Crippen molar-refractivity contribution in [2.75, 3.05) is 6.61 Å². The van der Waals surface area contributed by atoms with Crippen molar-refractivity contribution < 1.29 is 29.0 Å². The molecule has 0 spiro atoms. The predicted molar refractivity (Wildman–Crippen MR) is 88.9 cm³/mol. The number of allylic oxidation sites excluding steroid dienone is 1. The van der Waals surface area contributed by atoms with E-state index >= 15 is 0 Å². The summed E-state index contributed by atoms with van der Waals surface area (Å²) in [6.45, 7) is 6.10. The first-order chi connectivity index (χ1) is 11.2. The first kappa shape index (κ1) is 20.0. The Hall–Kier alpha value is -2.05. The van der Waals surface area contributed by atoms with Crippen LogP contribution in [0.1, 0.15) is 30.6 Å². The van der Waals surface area contributed by atoms with Gasteiger partial charge < -0.3 is 14.6 Å². The number of hydrogen-bond acceptors (Lipinski definition) is 5. The summed E-state index contributed by atoms with van der Waals surface area (Å²) in [4.78, 5) is 34.2. The molecule has 1 rings (SSSR count). The van der Waals surface area contributed by atoms with Gasteiger partial charge in [-0.15, -0.1) is 0 Å². The van der Waals surface area contributed by atoms with E-state index in [0.29, 0.717) is 12.0 Å². The number of benzene rings is 1. The number of aliphatic carboxylic acids is 1. The molecule has 0 saturated carbocycles. The maximum atomic E-state index is 12.1. The molecule has 1 aromatic carbocycles. The monoisotopic (exact) mass is 374 g/mol. The van der Waals surface area contributed by atoms with Crippen LogP contribution in [0.3, 0.4) is 0 Å². The van der Waals surface area contributed by atoms with Gasteiger partial charge in [0.05, 0.1) is 5.02 Å². The molecule has 0 saturated heterocycles. The zero-order chi connectivity index (χ0) is 18.4. The largest absolute Gasteiger partial charge is 0.480 e. The lowest BCUT2D eigenvalue weighted by molar-refractivity contribution is -0.163. The summed E-state index contributed by atoms with van der Waals surface area (Å²) in [6.07, 6.45) is -0.821. The van der Waals surface area contributed by atoms with Crippen LogP contribution in [0, 0.1) is 0 Å². The topological polar surface area (TPSA) is 89.9 Å². The Bertz CT molecular complexity index is 683. The van der Waals surface area contributed by atoms with Crippen LogP contribution in [0.5, 0.6) is 5.75 Å². The van der Waals surface area contributed by atoms with E-state index in [9.17, 15) is 14.4 Å². The van der Waals surface area contributed by atoms with Gasteiger partial charge in [0.2, 0.25) is 0 Å². The molecule has 0 fully saturated rings. The Morgan fingerprint density at radius 1 is 1.25 bits per heavy atom. The van der Waals surface area contributed by atoms with E-state index in [1.165, 1.54) is 19.1 Å². The smallest absolute Gasteiger partial charge is 0.345 e. The highest BCUT2D eigenvalue weighted by atomic mass is 35.5. The summed E-state index contributed by atoms with van der Waals surface area (Å²) >= 11 is 12.1. The zero-order valence-electron chi connectivity index (χ0n) is 13.1. The molecule has 0 aliphatic rings. The molecule has 24 heavy (non-hydrogen) atoms. The number of halogens is 2. The first-order valence-corrected chi connectivity index (χ1v) is 7.70. The van der Waals surface area contributed by atoms with Gasteiger partial charge in [0, 0.05) is 5.56 Å². The molecule has 1 atom stereocenters. The minimum absolute atomic E-state index is 0.0129. The number of carbonyl (C=O) groups excluding carboxylic acids is 2. The second-order valence-electron chi connectivity index (χ2n) is 4.78. The highest BCUT2D eigenvalue weighted by Gasteiger charge is 2.20. The minimum atomic E-state index is -1.29. The number of carboxylic acid groups (broad SMARTS) is 1. The molecule has 0 bridgehead atoms. The molecule has 0 aliphatic carbocycles. The molecular formula is C16H16Cl2O6. The number of rotatable bonds is 8. The number of Topliss-reactive ketones (excluding diaryl/α,β-unsaturated/α-hetero) is 1. The Balaban J connectivity index is 2.83. The summed E-state index contributed by atoms with van der Waals surface area (Å²) in [5.41, 5.74) is 0.566. The van der Waals surface area contributed by atoms with Crippen LogP contribution in [0.2, 0.25) is 10.0 Å². The van der Waals surface area contributed by atoms with Crippen molar-refractivity contribution in [1.29, 1.82) is 0 Å². The lowest BCUT2D eigenvalue weighted by Gasteiger charge is -2.13. The third kappa shape index (κ3) is 4.97. The van der Waals surface area contributed by atoms with Gasteiger partial charge in [0.15, 0.2) is 18.5 Å². The van der Waals surface area contributed by atoms with Crippen molar-refractivity contribution in [2.45, 2.75) is 26.4 Å². The van der Waals surface area contributed by atoms with Crippen LogP contribution in [0.25, 0.3) is 0 Å². The second-order valence-corrected chi connectivity index (χ2v) is 5.54. The number of esters is 1. The van der Waals surface area contributed by atoms with Gasteiger partial charge in [-0.05, 0) is 31.1 Å². The third-order valence-electron chi connectivity index (χ3n) is 3.04. The standard InChI is InChI=1S/C16H16Cl2O6/c1-4-8(2)15(20)10-5-6-11(14(18)13(10)17)23-7-12(19)24-9(3)16(21)22/h5-6,9H,2,4,7H2,1,3H3,(H,21,22)/t9-/m0/s1. The van der Waals surface area contributed by atoms with Crippen molar-refractivity contribution in [3.63, 3.8) is 0 Å². The normalized spacial score (nSPS) is 11.5. The lowest BCUT2D eigenvalue weighted by Crippen LogP contribution is -2.26. The fourth-order valence-corrected chi connectivity index (χ4v) is 2.05. The number of ether oxygens (including phenoxy) is 2. The van der Waals surface area contributed by atoms with Gasteiger partial charge in [-0.3, -0.25) is 4.79 Å². The minimum Gasteiger partial charge on any atom is -0.480 e. The summed E-state index contributed by atoms with van der Waals surface area (Å²) in [5, 5.41) is 8.60. The van der Waals surface area contributed by atoms with E-state index in [1.807, 2.05) is 0 Å². The molecule has 0 amide bonds. The fraction of sp³-hybridized carbons (Fsp3) is 0.312. The fourth-order valence-electron chi connectivity index (χ4n) is 1.59. The molecule has 130 valence electrons. The van der Waals surface area contributed by atoms with Crippen molar-refractivity contribution in [3.05, 3.63) is 39.9 Å². The van der Waals surface area contributed by atoms with Gasteiger partial charge in [-0.1, -0.05) is 36.7 Å². The van der Waals surface area contributed by atoms with E-state index in [-0.39, 0.29) is 27.1 Å². The molecule has 0 aliphatic heterocycles. The Morgan fingerprint density at radius 2 is 1.88 bits per heavy atom. The molecule has 0 radical (unpaired) electrons. The van der Waals surface area contributed by atoms with E-state index < -0.39 is 24.6 Å². The summed E-state index contributed by atoms with van der Waals surface area (Å²) in [5.74, 6) is -2.41. The van der Waals surface area contributed by atoms with E-state index in [1.54, 1.807) is 6.92 Å². The third-order valence-corrected chi connectivity index (χ3v) is 3.91. The zero-order valence-corrected chi connectivity index (χ0v) is 14.6. The van der Waals surface area contributed by atoms with E-state index in [4.69, 9.17) is 33.0 Å². The van der Waals surface area contributed by atoms with Gasteiger partial charge in [0.25, 0.3) is 0 Å². The van der Waals surface area contributed by atoms with Gasteiger partial charge >= 0.3 is 11.9 Å². The molecular weight excluding hydrogens is 359 g/mol. The number of hydrogen-bond donors (Lipinski definition) is 1. The van der Waals surface area contributed by atoms with E-state index in [2.05, 4.69) is 11.3 Å². The molecule has 0 heterocycles. The first-order valence-electron chi connectivity index (χ1n) is 6.94. The van der Waals surface area contributed by atoms with Crippen LogP contribution in [-0.2, 0) is 14.3 Å². The molecule has 8 heteroatoms. The second kappa shape index (κ2) is 8.70. The quantitative estimate of drug-likeness (QED) is 0.425. The van der Waals surface area contributed by atoms with Gasteiger partial charge in [0.1, 0.15) is 10.8 Å². The SMILES string of the molecule is C=C(CC)C(=O)c1ccc(OCC(=O)O[C@@H](C)C(=O)O)c(Cl)c1Cl. The Labute approximate surface area is 149 Å². The highest BCUT2D eigenvalue weighted by Crippen LogP contribution is 2.35. The molecule has 0 aromatic heterocycles. The van der Waals surface area contributed by atoms with Crippen LogP contribution < -0.4 is 4.74 Å². The number of ketones is 1. The summed E-state index contributed by atoms with van der Waals surface area (Å²) in [6, 6.07) is 2.80. The Kier molecular flexibility index (Phi) is 7.25. The van der Waals surface area contributed by atoms with Crippen LogP contribution in [0.4, 0.5) is 0 Å². The number of carboxylic acids is 1. The van der Waals surface area contributed by atoms with Crippen molar-refractivity contribution in [2.24, 2.45) is 0 Å². The maximum absolute atomic E-state index is 12.1. The average Bonchev–Trinajstić information content (AvgIpc) is 2.54. The number of carbonyl (C=O) groups is 3. The van der Waals surface area contributed by atoms with Crippen molar-refractivity contribution in [1.82, 2.24) is 0 Å². The molecule has 6 nitrogen and oxygen atoms in total. The predicted octanol–water partition coefficient (Wildman–Crippen LogP) is 3.54. The highest BCUT2D eigenvalue weighted by molar-refractivity contribution is 6.45. The molecule has 0 unspecified atom stereocenters. The van der Waals surface area contributed by atoms with Crippen molar-refractivity contribution in [3.8, 4) is 5.75 Å². The molecule has 1 aromatic rings. The average molecular weight is 375 g/mol.